The number of likely N-dealkylation sites (tertiary alicyclic amines) is 1. The lowest BCUT2D eigenvalue weighted by molar-refractivity contribution is 0.0542. The minimum absolute atomic E-state index is 0.414. The molecule has 0 radical (unpaired) electrons. The van der Waals surface area contributed by atoms with Crippen LogP contribution in [0.5, 0.6) is 0 Å². The number of nitrogens with one attached hydrogen (secondary N) is 2. The molecular weight excluding hydrogens is 321 g/mol. The van der Waals surface area contributed by atoms with E-state index in [1.54, 1.807) is 6.82 Å². The molecule has 0 bridgehead atoms. The molecule has 0 atom stereocenters. The maximum absolute atomic E-state index is 9.64. The normalized spacial score (nSPS) is 22.3. The van der Waals surface area contributed by atoms with Crippen LogP contribution in [0.15, 0.2) is 24.3 Å². The van der Waals surface area contributed by atoms with Crippen LogP contribution in [0.4, 0.5) is 11.4 Å². The average molecular weight is 357 g/mol. The molecule has 1 aliphatic heterocycles. The highest BCUT2D eigenvalue weighted by molar-refractivity contribution is 6.53. The van der Waals surface area contributed by atoms with Crippen molar-refractivity contribution in [2.75, 3.05) is 23.6 Å². The van der Waals surface area contributed by atoms with E-state index in [9.17, 15) is 5.02 Å². The van der Waals surface area contributed by atoms with Crippen LogP contribution in [0, 0.1) is 0 Å². The Morgan fingerprint density at radius 2 is 1.58 bits per heavy atom. The van der Waals surface area contributed by atoms with Gasteiger partial charge in [0, 0.05) is 30.4 Å². The van der Waals surface area contributed by atoms with Crippen LogP contribution in [0.25, 0.3) is 0 Å². The van der Waals surface area contributed by atoms with E-state index >= 15 is 0 Å². The predicted octanol–water partition coefficient (Wildman–Crippen LogP) is 4.59. The maximum Gasteiger partial charge on any atom is 0.406 e. The quantitative estimate of drug-likeness (QED) is 0.675. The zero-order valence-electron chi connectivity index (χ0n) is 16.6. The van der Waals surface area contributed by atoms with E-state index in [0.717, 1.165) is 11.4 Å². The van der Waals surface area contributed by atoms with Gasteiger partial charge in [-0.1, -0.05) is 44.2 Å². The molecule has 0 aromatic heterocycles. The van der Waals surface area contributed by atoms with Crippen LogP contribution < -0.4 is 10.5 Å². The fourth-order valence-corrected chi connectivity index (χ4v) is 4.73. The summed E-state index contributed by atoms with van der Waals surface area (Å²) in [7, 11) is -0.543. The number of para-hydroxylation sites is 2. The van der Waals surface area contributed by atoms with E-state index in [-0.39, 0.29) is 0 Å². The summed E-state index contributed by atoms with van der Waals surface area (Å²) >= 11 is 0. The molecule has 3 N–H and O–H groups in total. The predicted molar refractivity (Wildman–Crippen MR) is 113 cm³/mol. The van der Waals surface area contributed by atoms with Crippen LogP contribution in [-0.4, -0.2) is 41.6 Å². The van der Waals surface area contributed by atoms with Crippen molar-refractivity contribution in [2.24, 2.45) is 0 Å². The highest BCUT2D eigenvalue weighted by atomic mass is 16.2. The molecule has 1 aromatic rings. The van der Waals surface area contributed by atoms with E-state index in [0.29, 0.717) is 11.6 Å². The zero-order valence-corrected chi connectivity index (χ0v) is 16.6. The lowest BCUT2D eigenvalue weighted by Crippen LogP contribution is -2.52. The number of hydrogen-bond acceptors (Lipinski definition) is 4. The summed E-state index contributed by atoms with van der Waals surface area (Å²) in [5.74, 6) is 0. The second kappa shape index (κ2) is 9.14. The van der Waals surface area contributed by atoms with Crippen molar-refractivity contribution >= 4 is 18.4 Å². The third-order valence-electron chi connectivity index (χ3n) is 6.34. The van der Waals surface area contributed by atoms with E-state index in [2.05, 4.69) is 34.5 Å². The summed E-state index contributed by atoms with van der Waals surface area (Å²) in [6.07, 6.45) is 12.2. The van der Waals surface area contributed by atoms with Gasteiger partial charge in [0.05, 0.1) is 5.69 Å². The molecule has 1 saturated heterocycles. The molecule has 144 valence electrons. The summed E-state index contributed by atoms with van der Waals surface area (Å²) in [4.78, 5) is 2.77. The van der Waals surface area contributed by atoms with Gasteiger partial charge >= 0.3 is 7.05 Å². The first-order chi connectivity index (χ1) is 12.6. The van der Waals surface area contributed by atoms with Gasteiger partial charge in [-0.3, -0.25) is 4.90 Å². The molecule has 26 heavy (non-hydrogen) atoms. The molecule has 1 aromatic carbocycles. The Hall–Kier alpha value is -1.20. The molecule has 1 aliphatic carbocycles. The Kier molecular flexibility index (Phi) is 6.88. The lowest BCUT2D eigenvalue weighted by atomic mass is 9.82. The van der Waals surface area contributed by atoms with Crippen molar-refractivity contribution in [1.29, 1.82) is 0 Å². The zero-order chi connectivity index (χ0) is 18.4. The topological polar surface area (TPSA) is 47.5 Å². The van der Waals surface area contributed by atoms with Crippen LogP contribution in [0.3, 0.4) is 0 Å². The van der Waals surface area contributed by atoms with Gasteiger partial charge in [-0.2, -0.15) is 0 Å². The summed E-state index contributed by atoms with van der Waals surface area (Å²) in [6.45, 7) is 6.65. The van der Waals surface area contributed by atoms with Gasteiger partial charge in [0.25, 0.3) is 0 Å². The van der Waals surface area contributed by atoms with Gasteiger partial charge in [-0.05, 0) is 51.6 Å². The van der Waals surface area contributed by atoms with Gasteiger partial charge in [0.15, 0.2) is 0 Å². The van der Waals surface area contributed by atoms with Gasteiger partial charge in [0.2, 0.25) is 0 Å². The first kappa shape index (κ1) is 19.6. The maximum atomic E-state index is 9.64. The summed E-state index contributed by atoms with van der Waals surface area (Å²) in [6, 6.07) is 8.71. The molecule has 3 rings (SSSR count). The average Bonchev–Trinajstić information content (AvgIpc) is 2.60. The van der Waals surface area contributed by atoms with Crippen molar-refractivity contribution in [1.82, 2.24) is 4.90 Å². The van der Waals surface area contributed by atoms with Crippen LogP contribution in [0.1, 0.15) is 64.7 Å². The Morgan fingerprint density at radius 1 is 1.00 bits per heavy atom. The number of rotatable bonds is 5. The second-order valence-corrected chi connectivity index (χ2v) is 8.54. The highest BCUT2D eigenvalue weighted by Crippen LogP contribution is 2.34. The highest BCUT2D eigenvalue weighted by Gasteiger charge is 2.34. The molecule has 1 saturated carbocycles. The Balaban J connectivity index is 1.55. The molecule has 5 heteroatoms. The Morgan fingerprint density at radius 3 is 2.19 bits per heavy atom. The monoisotopic (exact) mass is 357 g/mol. The van der Waals surface area contributed by atoms with E-state index in [1.165, 1.54) is 70.9 Å². The summed E-state index contributed by atoms with van der Waals surface area (Å²) in [5, 5.41) is 16.5. The Bertz CT molecular complexity index is 550. The summed E-state index contributed by atoms with van der Waals surface area (Å²) < 4.78 is 0. The van der Waals surface area contributed by atoms with Crippen molar-refractivity contribution in [2.45, 2.75) is 83.1 Å². The number of anilines is 2. The fourth-order valence-electron chi connectivity index (χ4n) is 4.73. The molecular formula is C21H36BN3O. The minimum atomic E-state index is -0.543. The molecule has 1 heterocycles. The number of piperidine rings is 1. The smallest absolute Gasteiger partial charge is 0.406 e. The van der Waals surface area contributed by atoms with Crippen molar-refractivity contribution in [3.05, 3.63) is 24.3 Å². The van der Waals surface area contributed by atoms with Crippen molar-refractivity contribution in [3.63, 3.8) is 0 Å². The molecule has 0 spiro atoms. The molecule has 0 unspecified atom stereocenters. The Labute approximate surface area is 159 Å². The van der Waals surface area contributed by atoms with Gasteiger partial charge < -0.3 is 15.6 Å². The van der Waals surface area contributed by atoms with E-state index in [1.807, 2.05) is 12.1 Å². The summed E-state index contributed by atoms with van der Waals surface area (Å²) in [5.41, 5.74) is 2.50. The van der Waals surface area contributed by atoms with Gasteiger partial charge in [-0.15, -0.1) is 0 Å². The number of nitrogens with zero attached hydrogens (tertiary/aromatic N) is 1. The van der Waals surface area contributed by atoms with Crippen LogP contribution in [-0.2, 0) is 0 Å². The molecule has 4 nitrogen and oxygen atoms in total. The van der Waals surface area contributed by atoms with Gasteiger partial charge in [-0.25, -0.2) is 0 Å². The van der Waals surface area contributed by atoms with Crippen molar-refractivity contribution in [3.8, 4) is 0 Å². The molecule has 0 amide bonds. The SMILES string of the molecule is CB(O)Nc1ccccc1NC1CCN(C2(C)CCCCCCC2)CC1. The van der Waals surface area contributed by atoms with E-state index in [4.69, 9.17) is 0 Å². The third kappa shape index (κ3) is 5.17. The van der Waals surface area contributed by atoms with Crippen LogP contribution >= 0.6 is 0 Å². The standard InChI is InChI=1S/C21H36BN3O/c1-21(14-8-4-3-5-9-15-21)25-16-12-18(13-17-25)23-19-10-6-7-11-20(19)24-22(2)26/h6-7,10-11,18,23-24,26H,3-5,8-9,12-17H2,1-2H3. The van der Waals surface area contributed by atoms with E-state index < -0.39 is 7.05 Å². The van der Waals surface area contributed by atoms with Crippen LogP contribution in [0.2, 0.25) is 6.82 Å². The lowest BCUT2D eigenvalue weighted by Gasteiger charge is -2.46. The fraction of sp³-hybridized carbons (Fsp3) is 0.714. The van der Waals surface area contributed by atoms with Gasteiger partial charge in [0.1, 0.15) is 0 Å². The molecule has 2 fully saturated rings. The number of hydrogen-bond donors (Lipinski definition) is 3. The first-order valence-electron chi connectivity index (χ1n) is 10.6. The van der Waals surface area contributed by atoms with Crippen molar-refractivity contribution < 1.29 is 5.02 Å². The third-order valence-corrected chi connectivity index (χ3v) is 6.34. The minimum Gasteiger partial charge on any atom is -0.433 e. The largest absolute Gasteiger partial charge is 0.433 e. The molecule has 2 aliphatic rings. The second-order valence-electron chi connectivity index (χ2n) is 8.54. The number of benzene rings is 1. The first-order valence-corrected chi connectivity index (χ1v) is 10.6.